The summed E-state index contributed by atoms with van der Waals surface area (Å²) in [6.07, 6.45) is 0. The van der Waals surface area contributed by atoms with E-state index in [-0.39, 0.29) is 11.8 Å². The normalized spacial score (nSPS) is 17.9. The van der Waals surface area contributed by atoms with Crippen LogP contribution >= 0.6 is 0 Å². The summed E-state index contributed by atoms with van der Waals surface area (Å²) in [5.74, 6) is 0.184. The fraction of sp³-hybridized carbons (Fsp3) is 0.533. The molecule has 2 N–H and O–H groups in total. The molecule has 4 heteroatoms. The summed E-state index contributed by atoms with van der Waals surface area (Å²) in [5.41, 5.74) is 1.14. The standard InChI is InChI=1S/C15H23N3O/c1-13(12-18-9-7-16-8-10-18)15(19)17-11-14-5-3-2-4-6-14/h2-6,13,16H,7-12H2,1H3,(H,17,19). The number of rotatable bonds is 5. The van der Waals surface area contributed by atoms with Crippen molar-refractivity contribution in [2.24, 2.45) is 5.92 Å². The van der Waals surface area contributed by atoms with Gasteiger partial charge in [0.15, 0.2) is 0 Å². The highest BCUT2D eigenvalue weighted by Gasteiger charge is 2.18. The number of hydrogen-bond acceptors (Lipinski definition) is 3. The molecule has 1 fully saturated rings. The smallest absolute Gasteiger partial charge is 0.224 e. The molecule has 4 nitrogen and oxygen atoms in total. The summed E-state index contributed by atoms with van der Waals surface area (Å²) in [5, 5.41) is 6.33. The number of hydrogen-bond donors (Lipinski definition) is 2. The lowest BCUT2D eigenvalue weighted by Gasteiger charge is -2.29. The van der Waals surface area contributed by atoms with Crippen molar-refractivity contribution >= 4 is 5.91 Å². The average molecular weight is 261 g/mol. The molecule has 1 aromatic carbocycles. The minimum atomic E-state index is 0.0433. The zero-order valence-corrected chi connectivity index (χ0v) is 11.6. The molecule has 1 amide bonds. The third kappa shape index (κ3) is 4.65. The Bertz CT molecular complexity index is 388. The van der Waals surface area contributed by atoms with Crippen LogP contribution in [0.1, 0.15) is 12.5 Å². The number of carbonyl (C=O) groups is 1. The van der Waals surface area contributed by atoms with Gasteiger partial charge in [0.1, 0.15) is 0 Å². The van der Waals surface area contributed by atoms with Crippen LogP contribution in [-0.4, -0.2) is 43.5 Å². The molecule has 2 rings (SSSR count). The van der Waals surface area contributed by atoms with Crippen molar-refractivity contribution in [2.45, 2.75) is 13.5 Å². The van der Waals surface area contributed by atoms with Crippen molar-refractivity contribution < 1.29 is 4.79 Å². The van der Waals surface area contributed by atoms with Crippen molar-refractivity contribution in [1.29, 1.82) is 0 Å². The highest BCUT2D eigenvalue weighted by Crippen LogP contribution is 2.03. The second-order valence-electron chi connectivity index (χ2n) is 5.16. The van der Waals surface area contributed by atoms with E-state index in [1.165, 1.54) is 0 Å². The third-order valence-corrected chi connectivity index (χ3v) is 3.50. The van der Waals surface area contributed by atoms with E-state index in [9.17, 15) is 4.79 Å². The van der Waals surface area contributed by atoms with Gasteiger partial charge in [-0.2, -0.15) is 0 Å². The molecule has 0 aromatic heterocycles. The zero-order valence-electron chi connectivity index (χ0n) is 11.6. The van der Waals surface area contributed by atoms with Crippen LogP contribution in [0.25, 0.3) is 0 Å². The number of amides is 1. The van der Waals surface area contributed by atoms with Crippen molar-refractivity contribution in [3.63, 3.8) is 0 Å². The number of benzene rings is 1. The molecule has 1 aliphatic heterocycles. The van der Waals surface area contributed by atoms with Crippen molar-refractivity contribution in [3.05, 3.63) is 35.9 Å². The predicted molar refractivity (Wildman–Crippen MR) is 76.8 cm³/mol. The van der Waals surface area contributed by atoms with Crippen molar-refractivity contribution in [3.8, 4) is 0 Å². The zero-order chi connectivity index (χ0) is 13.5. The van der Waals surface area contributed by atoms with E-state index in [1.54, 1.807) is 0 Å². The number of carbonyl (C=O) groups excluding carboxylic acids is 1. The Hall–Kier alpha value is -1.39. The first-order valence-corrected chi connectivity index (χ1v) is 7.00. The Morgan fingerprint density at radius 2 is 2.00 bits per heavy atom. The molecule has 1 saturated heterocycles. The molecule has 104 valence electrons. The number of nitrogens with one attached hydrogen (secondary N) is 2. The molecule has 0 aliphatic carbocycles. The Labute approximate surface area is 115 Å². The summed E-state index contributed by atoms with van der Waals surface area (Å²) in [7, 11) is 0. The van der Waals surface area contributed by atoms with Crippen LogP contribution in [0.5, 0.6) is 0 Å². The fourth-order valence-electron chi connectivity index (χ4n) is 2.32. The fourth-order valence-corrected chi connectivity index (χ4v) is 2.32. The lowest BCUT2D eigenvalue weighted by Crippen LogP contribution is -2.47. The van der Waals surface area contributed by atoms with E-state index in [0.29, 0.717) is 6.54 Å². The molecular weight excluding hydrogens is 238 g/mol. The largest absolute Gasteiger partial charge is 0.352 e. The van der Waals surface area contributed by atoms with Gasteiger partial charge in [-0.25, -0.2) is 0 Å². The van der Waals surface area contributed by atoms with Gasteiger partial charge in [-0.15, -0.1) is 0 Å². The maximum absolute atomic E-state index is 12.0. The Morgan fingerprint density at radius 1 is 1.32 bits per heavy atom. The maximum atomic E-state index is 12.0. The molecular formula is C15H23N3O. The van der Waals surface area contributed by atoms with E-state index in [4.69, 9.17) is 0 Å². The van der Waals surface area contributed by atoms with Gasteiger partial charge >= 0.3 is 0 Å². The second-order valence-corrected chi connectivity index (χ2v) is 5.16. The third-order valence-electron chi connectivity index (χ3n) is 3.50. The van der Waals surface area contributed by atoms with E-state index in [2.05, 4.69) is 15.5 Å². The van der Waals surface area contributed by atoms with Gasteiger partial charge in [-0.3, -0.25) is 4.79 Å². The average Bonchev–Trinajstić information content (AvgIpc) is 2.47. The van der Waals surface area contributed by atoms with E-state index in [0.717, 1.165) is 38.3 Å². The van der Waals surface area contributed by atoms with Gasteiger partial charge in [-0.1, -0.05) is 37.3 Å². The summed E-state index contributed by atoms with van der Waals surface area (Å²) < 4.78 is 0. The lowest BCUT2D eigenvalue weighted by atomic mass is 10.1. The summed E-state index contributed by atoms with van der Waals surface area (Å²) >= 11 is 0. The van der Waals surface area contributed by atoms with E-state index in [1.807, 2.05) is 37.3 Å². The minimum absolute atomic E-state index is 0.0433. The molecule has 0 bridgehead atoms. The Morgan fingerprint density at radius 3 is 2.68 bits per heavy atom. The SMILES string of the molecule is CC(CN1CCNCC1)C(=O)NCc1ccccc1. The second kappa shape index (κ2) is 7.26. The van der Waals surface area contributed by atoms with E-state index >= 15 is 0 Å². The monoisotopic (exact) mass is 261 g/mol. The highest BCUT2D eigenvalue weighted by atomic mass is 16.1. The molecule has 0 radical (unpaired) electrons. The number of nitrogens with zero attached hydrogens (tertiary/aromatic N) is 1. The minimum Gasteiger partial charge on any atom is -0.352 e. The van der Waals surface area contributed by atoms with Gasteiger partial charge < -0.3 is 15.5 Å². The van der Waals surface area contributed by atoms with Crippen molar-refractivity contribution in [2.75, 3.05) is 32.7 Å². The van der Waals surface area contributed by atoms with Gasteiger partial charge in [0.05, 0.1) is 0 Å². The molecule has 1 aliphatic rings. The lowest BCUT2D eigenvalue weighted by molar-refractivity contribution is -0.125. The first-order chi connectivity index (χ1) is 9.25. The van der Waals surface area contributed by atoms with Crippen LogP contribution in [0.4, 0.5) is 0 Å². The highest BCUT2D eigenvalue weighted by molar-refractivity contribution is 5.78. The number of piperazine rings is 1. The molecule has 1 heterocycles. The molecule has 1 unspecified atom stereocenters. The molecule has 1 aromatic rings. The van der Waals surface area contributed by atoms with Crippen LogP contribution in [0.2, 0.25) is 0 Å². The quantitative estimate of drug-likeness (QED) is 0.826. The summed E-state index contributed by atoms with van der Waals surface area (Å²) in [6, 6.07) is 10.0. The van der Waals surface area contributed by atoms with E-state index < -0.39 is 0 Å². The first-order valence-electron chi connectivity index (χ1n) is 7.00. The van der Waals surface area contributed by atoms with Crippen LogP contribution < -0.4 is 10.6 Å². The molecule has 0 spiro atoms. The first kappa shape index (κ1) is 14.0. The van der Waals surface area contributed by atoms with Gasteiger partial charge in [0, 0.05) is 45.2 Å². The summed E-state index contributed by atoms with van der Waals surface area (Å²) in [6.45, 7) is 7.60. The predicted octanol–water partition coefficient (Wildman–Crippen LogP) is 0.844. The van der Waals surface area contributed by atoms with Gasteiger partial charge in [0.25, 0.3) is 0 Å². The Kier molecular flexibility index (Phi) is 5.36. The molecule has 0 saturated carbocycles. The van der Waals surface area contributed by atoms with Crippen LogP contribution in [0.3, 0.4) is 0 Å². The molecule has 19 heavy (non-hydrogen) atoms. The van der Waals surface area contributed by atoms with Crippen LogP contribution in [0, 0.1) is 5.92 Å². The van der Waals surface area contributed by atoms with Crippen LogP contribution in [-0.2, 0) is 11.3 Å². The van der Waals surface area contributed by atoms with Gasteiger partial charge in [0.2, 0.25) is 5.91 Å². The Balaban J connectivity index is 1.72. The van der Waals surface area contributed by atoms with Crippen LogP contribution in [0.15, 0.2) is 30.3 Å². The van der Waals surface area contributed by atoms with Crippen molar-refractivity contribution in [1.82, 2.24) is 15.5 Å². The maximum Gasteiger partial charge on any atom is 0.224 e. The summed E-state index contributed by atoms with van der Waals surface area (Å²) in [4.78, 5) is 14.4. The topological polar surface area (TPSA) is 44.4 Å². The van der Waals surface area contributed by atoms with Gasteiger partial charge in [-0.05, 0) is 5.56 Å². The molecule has 1 atom stereocenters.